The Morgan fingerprint density at radius 2 is 2.17 bits per heavy atom. The molecular weight excluding hydrogens is 158 g/mol. The molecule has 0 saturated carbocycles. The van der Waals surface area contributed by atoms with E-state index in [1.807, 2.05) is 0 Å². The zero-order valence-corrected chi connectivity index (χ0v) is 6.32. The standard InChI is InChI=1S/C6H9N5O/c7-4-5(12)10-11-6-8-2-1-3-9-6/h1-3H,4,7H2,(H,10,12)(H,8,9,11). The van der Waals surface area contributed by atoms with Crippen molar-refractivity contribution >= 4 is 11.9 Å². The normalized spacial score (nSPS) is 9.08. The van der Waals surface area contributed by atoms with Crippen molar-refractivity contribution < 1.29 is 4.79 Å². The van der Waals surface area contributed by atoms with Crippen molar-refractivity contribution in [3.63, 3.8) is 0 Å². The molecule has 0 aromatic carbocycles. The SMILES string of the molecule is NCC(=O)NNc1ncccn1. The van der Waals surface area contributed by atoms with E-state index in [0.717, 1.165) is 0 Å². The summed E-state index contributed by atoms with van der Waals surface area (Å²) < 4.78 is 0. The number of hydrogen-bond donors (Lipinski definition) is 3. The molecule has 0 aliphatic rings. The summed E-state index contributed by atoms with van der Waals surface area (Å²) in [5.41, 5.74) is 9.85. The lowest BCUT2D eigenvalue weighted by Crippen LogP contribution is -2.35. The highest BCUT2D eigenvalue weighted by Gasteiger charge is 1.95. The number of rotatable bonds is 3. The number of hydrogen-bond acceptors (Lipinski definition) is 5. The van der Waals surface area contributed by atoms with Gasteiger partial charge in [0.05, 0.1) is 6.54 Å². The molecule has 6 nitrogen and oxygen atoms in total. The summed E-state index contributed by atoms with van der Waals surface area (Å²) in [6, 6.07) is 1.68. The number of nitrogens with one attached hydrogen (secondary N) is 2. The molecule has 0 atom stereocenters. The van der Waals surface area contributed by atoms with E-state index < -0.39 is 0 Å². The van der Waals surface area contributed by atoms with Crippen LogP contribution in [0.15, 0.2) is 18.5 Å². The third-order valence-electron chi connectivity index (χ3n) is 1.06. The van der Waals surface area contributed by atoms with E-state index in [4.69, 9.17) is 5.73 Å². The van der Waals surface area contributed by atoms with Gasteiger partial charge in [0, 0.05) is 12.4 Å². The van der Waals surface area contributed by atoms with Gasteiger partial charge in [0.2, 0.25) is 5.95 Å². The Kier molecular flexibility index (Phi) is 2.97. The maximum absolute atomic E-state index is 10.6. The molecule has 6 heteroatoms. The van der Waals surface area contributed by atoms with Crippen LogP contribution in [0.3, 0.4) is 0 Å². The van der Waals surface area contributed by atoms with Crippen LogP contribution in [-0.2, 0) is 4.79 Å². The molecule has 1 rings (SSSR count). The Bertz CT molecular complexity index is 249. The van der Waals surface area contributed by atoms with Gasteiger partial charge in [0.25, 0.3) is 5.91 Å². The van der Waals surface area contributed by atoms with Crippen molar-refractivity contribution in [3.05, 3.63) is 18.5 Å². The van der Waals surface area contributed by atoms with Gasteiger partial charge in [-0.15, -0.1) is 0 Å². The van der Waals surface area contributed by atoms with E-state index >= 15 is 0 Å². The van der Waals surface area contributed by atoms with Crippen LogP contribution < -0.4 is 16.6 Å². The van der Waals surface area contributed by atoms with Crippen LogP contribution in [0, 0.1) is 0 Å². The average Bonchev–Trinajstić information content (AvgIpc) is 2.16. The molecule has 1 aromatic heterocycles. The number of aromatic nitrogens is 2. The summed E-state index contributed by atoms with van der Waals surface area (Å²) in [6.07, 6.45) is 3.12. The maximum atomic E-state index is 10.6. The van der Waals surface area contributed by atoms with Crippen molar-refractivity contribution in [3.8, 4) is 0 Å². The monoisotopic (exact) mass is 167 g/mol. The van der Waals surface area contributed by atoms with Crippen LogP contribution in [0.4, 0.5) is 5.95 Å². The lowest BCUT2D eigenvalue weighted by molar-refractivity contribution is -0.119. The van der Waals surface area contributed by atoms with Crippen LogP contribution >= 0.6 is 0 Å². The molecular formula is C6H9N5O. The van der Waals surface area contributed by atoms with Gasteiger partial charge < -0.3 is 5.73 Å². The first-order valence-corrected chi connectivity index (χ1v) is 3.35. The zero-order chi connectivity index (χ0) is 8.81. The number of nitrogens with zero attached hydrogens (tertiary/aromatic N) is 2. The Morgan fingerprint density at radius 3 is 2.75 bits per heavy atom. The van der Waals surface area contributed by atoms with Crippen LogP contribution in [-0.4, -0.2) is 22.4 Å². The fraction of sp³-hybridized carbons (Fsp3) is 0.167. The van der Waals surface area contributed by atoms with Gasteiger partial charge in [-0.3, -0.25) is 15.6 Å². The molecule has 0 aliphatic carbocycles. The summed E-state index contributed by atoms with van der Waals surface area (Å²) in [6.45, 7) is -0.0696. The van der Waals surface area contributed by atoms with Crippen molar-refractivity contribution in [2.24, 2.45) is 5.73 Å². The van der Waals surface area contributed by atoms with Gasteiger partial charge in [0.15, 0.2) is 0 Å². The fourth-order valence-corrected chi connectivity index (χ4v) is 0.540. The topological polar surface area (TPSA) is 92.9 Å². The van der Waals surface area contributed by atoms with Gasteiger partial charge in [-0.05, 0) is 6.07 Å². The number of nitrogens with two attached hydrogens (primary N) is 1. The second-order valence-corrected chi connectivity index (χ2v) is 1.95. The fourth-order valence-electron chi connectivity index (χ4n) is 0.540. The summed E-state index contributed by atoms with van der Waals surface area (Å²) in [7, 11) is 0. The highest BCUT2D eigenvalue weighted by molar-refractivity contribution is 5.78. The molecule has 4 N–H and O–H groups in total. The second kappa shape index (κ2) is 4.24. The van der Waals surface area contributed by atoms with E-state index in [2.05, 4.69) is 20.8 Å². The van der Waals surface area contributed by atoms with Gasteiger partial charge in [-0.1, -0.05) is 0 Å². The lowest BCUT2D eigenvalue weighted by Gasteiger charge is -2.03. The third-order valence-corrected chi connectivity index (χ3v) is 1.06. The molecule has 1 aromatic rings. The minimum atomic E-state index is -0.317. The first-order valence-electron chi connectivity index (χ1n) is 3.35. The molecule has 0 fully saturated rings. The average molecular weight is 167 g/mol. The molecule has 0 radical (unpaired) electrons. The first kappa shape index (κ1) is 8.41. The number of hydrazine groups is 1. The maximum Gasteiger partial charge on any atom is 0.252 e. The molecule has 0 saturated heterocycles. The molecule has 64 valence electrons. The molecule has 0 unspecified atom stereocenters. The molecule has 1 heterocycles. The predicted molar refractivity (Wildman–Crippen MR) is 42.9 cm³/mol. The van der Waals surface area contributed by atoms with Crippen molar-refractivity contribution in [2.75, 3.05) is 12.0 Å². The van der Waals surface area contributed by atoms with E-state index in [1.54, 1.807) is 18.5 Å². The summed E-state index contributed by atoms with van der Waals surface area (Å²) >= 11 is 0. The molecule has 0 spiro atoms. The van der Waals surface area contributed by atoms with Crippen LogP contribution in [0.25, 0.3) is 0 Å². The highest BCUT2D eigenvalue weighted by Crippen LogP contribution is 1.89. The summed E-state index contributed by atoms with van der Waals surface area (Å²) in [5.74, 6) is 0.0155. The molecule has 12 heavy (non-hydrogen) atoms. The Balaban J connectivity index is 2.38. The minimum absolute atomic E-state index is 0.0696. The van der Waals surface area contributed by atoms with Gasteiger partial charge in [0.1, 0.15) is 0 Å². The van der Waals surface area contributed by atoms with Crippen molar-refractivity contribution in [1.82, 2.24) is 15.4 Å². The first-order chi connectivity index (χ1) is 5.83. The van der Waals surface area contributed by atoms with Gasteiger partial charge in [-0.2, -0.15) is 0 Å². The third kappa shape index (κ3) is 2.51. The van der Waals surface area contributed by atoms with E-state index in [9.17, 15) is 4.79 Å². The van der Waals surface area contributed by atoms with Crippen LogP contribution in [0.5, 0.6) is 0 Å². The van der Waals surface area contributed by atoms with Gasteiger partial charge >= 0.3 is 0 Å². The van der Waals surface area contributed by atoms with Crippen LogP contribution in [0.2, 0.25) is 0 Å². The lowest BCUT2D eigenvalue weighted by atomic mass is 10.6. The molecule has 0 bridgehead atoms. The van der Waals surface area contributed by atoms with Gasteiger partial charge in [-0.25, -0.2) is 9.97 Å². The van der Waals surface area contributed by atoms with Crippen molar-refractivity contribution in [1.29, 1.82) is 0 Å². The largest absolute Gasteiger partial charge is 0.322 e. The number of carbonyl (C=O) groups is 1. The Labute approximate surface area is 69.2 Å². The Hall–Kier alpha value is -1.69. The molecule has 0 aliphatic heterocycles. The molecule has 1 amide bonds. The second-order valence-electron chi connectivity index (χ2n) is 1.95. The summed E-state index contributed by atoms with van der Waals surface area (Å²) in [4.78, 5) is 18.2. The van der Waals surface area contributed by atoms with E-state index in [0.29, 0.717) is 5.95 Å². The number of amides is 1. The quantitative estimate of drug-likeness (QED) is 0.496. The number of anilines is 1. The zero-order valence-electron chi connectivity index (χ0n) is 6.32. The Morgan fingerprint density at radius 1 is 1.50 bits per heavy atom. The van der Waals surface area contributed by atoms with E-state index in [-0.39, 0.29) is 12.5 Å². The number of carbonyl (C=O) groups excluding carboxylic acids is 1. The highest BCUT2D eigenvalue weighted by atomic mass is 16.2. The summed E-state index contributed by atoms with van der Waals surface area (Å²) in [5, 5.41) is 0. The van der Waals surface area contributed by atoms with Crippen LogP contribution in [0.1, 0.15) is 0 Å². The predicted octanol–water partition coefficient (Wildman–Crippen LogP) is -1.12. The van der Waals surface area contributed by atoms with E-state index in [1.165, 1.54) is 0 Å². The minimum Gasteiger partial charge on any atom is -0.322 e. The van der Waals surface area contributed by atoms with Crippen molar-refractivity contribution in [2.45, 2.75) is 0 Å². The smallest absolute Gasteiger partial charge is 0.252 e.